The molecule has 12 rings (SSSR count). The molecule has 0 N–H and O–H groups in total. The lowest BCUT2D eigenvalue weighted by Gasteiger charge is -2.38. The average Bonchev–Trinajstić information content (AvgIpc) is 3.31. The first-order chi connectivity index (χ1) is 28.8. The molecule has 4 unspecified atom stereocenters. The van der Waals surface area contributed by atoms with Crippen LogP contribution in [0.1, 0.15) is 62.6 Å². The third kappa shape index (κ3) is 5.17. The van der Waals surface area contributed by atoms with E-state index in [2.05, 4.69) is 194 Å². The predicted octanol–water partition coefficient (Wildman–Crippen LogP) is 13.0. The van der Waals surface area contributed by atoms with E-state index >= 15 is 0 Å². The number of aromatic nitrogens is 1. The van der Waals surface area contributed by atoms with Gasteiger partial charge in [-0.25, -0.2) is 4.98 Å². The number of pyridine rings is 1. The number of nitrogens with zero attached hydrogens (tertiary/aromatic N) is 3. The van der Waals surface area contributed by atoms with Crippen molar-refractivity contribution in [3.63, 3.8) is 0 Å². The second-order valence-corrected chi connectivity index (χ2v) is 15.7. The summed E-state index contributed by atoms with van der Waals surface area (Å²) in [5.41, 5.74) is 18.8. The maximum Gasteiger partial charge on any atom is 0.103 e. The molecule has 0 saturated heterocycles. The Morgan fingerprint density at radius 2 is 0.983 bits per heavy atom. The number of allylic oxidation sites excluding steroid dienone is 1. The van der Waals surface area contributed by atoms with Crippen molar-refractivity contribution in [2.75, 3.05) is 0 Å². The Hall–Kier alpha value is -7.23. The monoisotopic (exact) mass is 739 g/mol. The number of hydrogen-bond donors (Lipinski definition) is 0. The molecule has 2 aliphatic heterocycles. The molecule has 3 heteroatoms. The van der Waals surface area contributed by atoms with E-state index in [1.807, 2.05) is 6.07 Å². The Balaban J connectivity index is 0.911. The van der Waals surface area contributed by atoms with Gasteiger partial charge in [-0.15, -0.1) is 0 Å². The van der Waals surface area contributed by atoms with Gasteiger partial charge in [0.25, 0.3) is 0 Å². The van der Waals surface area contributed by atoms with Crippen LogP contribution in [0.5, 0.6) is 0 Å². The van der Waals surface area contributed by atoms with Gasteiger partial charge in [-0.1, -0.05) is 188 Å². The Bertz CT molecular complexity index is 3080. The molecule has 0 bridgehead atoms. The van der Waals surface area contributed by atoms with Crippen LogP contribution >= 0.6 is 0 Å². The minimum absolute atomic E-state index is 0.0130. The maximum absolute atomic E-state index is 5.62. The highest BCUT2D eigenvalue weighted by molar-refractivity contribution is 6.19. The molecule has 4 atom stereocenters. The van der Waals surface area contributed by atoms with E-state index in [1.54, 1.807) is 0 Å². The van der Waals surface area contributed by atoms with Crippen LogP contribution < -0.4 is 0 Å². The van der Waals surface area contributed by atoms with Crippen LogP contribution in [-0.2, 0) is 0 Å². The fraction of sp³-hybridized carbons (Fsp3) is 0.0727. The molecule has 1 aromatic heterocycles. The highest BCUT2D eigenvalue weighted by Gasteiger charge is 2.39. The first-order valence-corrected chi connectivity index (χ1v) is 20.3. The summed E-state index contributed by atoms with van der Waals surface area (Å²) in [6, 6.07) is 63.6. The minimum Gasteiger partial charge on any atom is -0.275 e. The molecule has 8 aromatic rings. The molecule has 2 aliphatic carbocycles. The number of fused-ring (bicyclic) bond motifs is 12. The van der Waals surface area contributed by atoms with E-state index in [0.29, 0.717) is 0 Å². The van der Waals surface area contributed by atoms with E-state index in [9.17, 15) is 0 Å². The van der Waals surface area contributed by atoms with Crippen molar-refractivity contribution in [2.45, 2.75) is 18.0 Å². The number of aliphatic imine (C=N–C) groups is 2. The Kier molecular flexibility index (Phi) is 7.49. The first kappa shape index (κ1) is 33.0. The Morgan fingerprint density at radius 3 is 1.78 bits per heavy atom. The summed E-state index contributed by atoms with van der Waals surface area (Å²) in [6.07, 6.45) is 8.96. The third-order valence-corrected chi connectivity index (χ3v) is 12.6. The van der Waals surface area contributed by atoms with Gasteiger partial charge in [-0.3, -0.25) is 9.98 Å². The molecular formula is C55H37N3. The molecule has 3 nitrogen and oxygen atoms in total. The largest absolute Gasteiger partial charge is 0.275 e. The molecule has 0 spiro atoms. The van der Waals surface area contributed by atoms with Gasteiger partial charge in [0, 0.05) is 34.1 Å². The molecule has 272 valence electrons. The first-order valence-electron chi connectivity index (χ1n) is 20.3. The predicted molar refractivity (Wildman–Crippen MR) is 239 cm³/mol. The number of hydrogen-bond acceptors (Lipinski definition) is 3. The second-order valence-electron chi connectivity index (χ2n) is 15.7. The second kappa shape index (κ2) is 13.2. The molecule has 3 heterocycles. The van der Waals surface area contributed by atoms with Crippen LogP contribution in [0.3, 0.4) is 0 Å². The normalized spacial score (nSPS) is 19.4. The van der Waals surface area contributed by atoms with Crippen LogP contribution in [0.25, 0.3) is 50.4 Å². The van der Waals surface area contributed by atoms with Gasteiger partial charge in [0.15, 0.2) is 0 Å². The fourth-order valence-electron chi connectivity index (χ4n) is 9.86. The van der Waals surface area contributed by atoms with Gasteiger partial charge in [0.2, 0.25) is 0 Å². The minimum atomic E-state index is -0.0745. The Labute approximate surface area is 338 Å². The van der Waals surface area contributed by atoms with Crippen LogP contribution in [0.15, 0.2) is 204 Å². The van der Waals surface area contributed by atoms with Crippen molar-refractivity contribution < 1.29 is 0 Å². The van der Waals surface area contributed by atoms with Gasteiger partial charge in [0.1, 0.15) is 6.04 Å². The van der Waals surface area contributed by atoms with Crippen LogP contribution in [0, 0.1) is 5.92 Å². The lowest BCUT2D eigenvalue weighted by molar-refractivity contribution is 0.592. The van der Waals surface area contributed by atoms with E-state index < -0.39 is 0 Å². The van der Waals surface area contributed by atoms with E-state index in [-0.39, 0.29) is 23.9 Å². The zero-order valence-electron chi connectivity index (χ0n) is 31.7. The summed E-state index contributed by atoms with van der Waals surface area (Å²) >= 11 is 0. The van der Waals surface area contributed by atoms with Crippen LogP contribution in [0.2, 0.25) is 0 Å². The van der Waals surface area contributed by atoms with E-state index in [0.717, 1.165) is 45.1 Å². The van der Waals surface area contributed by atoms with Crippen molar-refractivity contribution >= 4 is 28.3 Å². The van der Waals surface area contributed by atoms with Crippen molar-refractivity contribution in [3.8, 4) is 33.5 Å². The van der Waals surface area contributed by atoms with Gasteiger partial charge in [0.05, 0.1) is 28.9 Å². The topological polar surface area (TPSA) is 37.6 Å². The third-order valence-electron chi connectivity index (χ3n) is 12.6. The van der Waals surface area contributed by atoms with Gasteiger partial charge < -0.3 is 0 Å². The number of benzene rings is 7. The van der Waals surface area contributed by atoms with E-state index in [1.165, 1.54) is 55.3 Å². The maximum atomic E-state index is 5.62. The van der Waals surface area contributed by atoms with Crippen LogP contribution in [0.4, 0.5) is 0 Å². The summed E-state index contributed by atoms with van der Waals surface area (Å²) in [7, 11) is 0. The van der Waals surface area contributed by atoms with Gasteiger partial charge >= 0.3 is 0 Å². The summed E-state index contributed by atoms with van der Waals surface area (Å²) in [6.45, 7) is 0. The fourth-order valence-corrected chi connectivity index (χ4v) is 9.86. The van der Waals surface area contributed by atoms with Gasteiger partial charge in [-0.05, 0) is 67.4 Å². The lowest BCUT2D eigenvalue weighted by Crippen LogP contribution is -2.26. The van der Waals surface area contributed by atoms with Crippen molar-refractivity contribution in [3.05, 3.63) is 239 Å². The quantitative estimate of drug-likeness (QED) is 0.177. The SMILES string of the molecule is C1=CC2C=Cc3ccc(-c4ccccc4)nc3C2N=C1c1ccc(-c2ccc(C3=NC4c5ccccc5-c5ccccc5C4c4ccccc43)cc2)c2ccccc12. The van der Waals surface area contributed by atoms with Crippen molar-refractivity contribution in [1.29, 1.82) is 0 Å². The number of dihydropyridines is 1. The molecule has 0 fully saturated rings. The lowest BCUT2D eigenvalue weighted by atomic mass is 9.69. The highest BCUT2D eigenvalue weighted by Crippen LogP contribution is 2.53. The number of rotatable bonds is 4. The van der Waals surface area contributed by atoms with E-state index in [4.69, 9.17) is 15.0 Å². The van der Waals surface area contributed by atoms with Crippen molar-refractivity contribution in [2.24, 2.45) is 15.9 Å². The zero-order chi connectivity index (χ0) is 38.2. The standard InChI is InChI=1S/C55H37N3/c1-2-12-35(13-3-1)49-32-28-37-26-27-38-29-33-50(57-54(38)53(37)56-49)44-31-30-39(40-14-4-5-15-41(40)44)34-22-24-36(25-23-34)52-48-21-11-9-19-46(48)51-45-18-8-6-16-42(45)43-17-7-10-20-47(43)55(51)58-52/h1-33,38,51,54-55H. The summed E-state index contributed by atoms with van der Waals surface area (Å²) < 4.78 is 0. The molecular weight excluding hydrogens is 703 g/mol. The summed E-state index contributed by atoms with van der Waals surface area (Å²) in [5, 5.41) is 2.40. The molecule has 58 heavy (non-hydrogen) atoms. The molecule has 0 saturated carbocycles. The highest BCUT2D eigenvalue weighted by atomic mass is 14.9. The molecule has 0 radical (unpaired) electrons. The van der Waals surface area contributed by atoms with Crippen molar-refractivity contribution in [1.82, 2.24) is 4.98 Å². The van der Waals surface area contributed by atoms with Gasteiger partial charge in [-0.2, -0.15) is 0 Å². The zero-order valence-corrected chi connectivity index (χ0v) is 31.7. The smallest absolute Gasteiger partial charge is 0.103 e. The summed E-state index contributed by atoms with van der Waals surface area (Å²) in [4.78, 5) is 16.3. The Morgan fingerprint density at radius 1 is 0.379 bits per heavy atom. The molecule has 4 aliphatic rings. The molecule has 7 aromatic carbocycles. The summed E-state index contributed by atoms with van der Waals surface area (Å²) in [5.74, 6) is 0.353. The average molecular weight is 740 g/mol. The molecule has 0 amide bonds. The van der Waals surface area contributed by atoms with Crippen LogP contribution in [-0.4, -0.2) is 16.4 Å².